The van der Waals surface area contributed by atoms with Crippen LogP contribution in [0.3, 0.4) is 0 Å². The molecule has 0 unspecified atom stereocenters. The quantitative estimate of drug-likeness (QED) is 0.499. The van der Waals surface area contributed by atoms with Gasteiger partial charge in [0.1, 0.15) is 0 Å². The van der Waals surface area contributed by atoms with Gasteiger partial charge in [0.05, 0.1) is 11.5 Å². The first-order chi connectivity index (χ1) is 6.68. The summed E-state index contributed by atoms with van der Waals surface area (Å²) in [5.41, 5.74) is 8.98. The monoisotopic (exact) mass is 192 g/mol. The summed E-state index contributed by atoms with van der Waals surface area (Å²) >= 11 is 0. The molecule has 76 valence electrons. The number of aromatic nitrogens is 2. The highest BCUT2D eigenvalue weighted by Crippen LogP contribution is 2.41. The average Bonchev–Trinajstić information content (AvgIpc) is 2.88. The van der Waals surface area contributed by atoms with Crippen molar-refractivity contribution >= 4 is 5.84 Å². The number of hydrogen-bond donors (Lipinski definition) is 3. The van der Waals surface area contributed by atoms with Gasteiger partial charge in [-0.25, -0.2) is 0 Å². The summed E-state index contributed by atoms with van der Waals surface area (Å²) in [5.74, 6) is 0.925. The second kappa shape index (κ2) is 3.44. The molecule has 4 heteroatoms. The standard InChI is InChI=1S/C10H16N4/c1-6-8(4-5-9(11)12)10(14-13-6)7-2-3-7/h7H,2-5H2,1H3,(H3,11,12)(H,13,14). The van der Waals surface area contributed by atoms with Gasteiger partial charge in [-0.15, -0.1) is 0 Å². The Morgan fingerprint density at radius 1 is 1.64 bits per heavy atom. The number of aromatic amines is 1. The molecule has 0 saturated heterocycles. The van der Waals surface area contributed by atoms with Crippen LogP contribution in [0.1, 0.15) is 42.1 Å². The molecule has 1 aliphatic carbocycles. The molecule has 0 atom stereocenters. The van der Waals surface area contributed by atoms with E-state index in [1.54, 1.807) is 0 Å². The largest absolute Gasteiger partial charge is 0.388 e. The van der Waals surface area contributed by atoms with Gasteiger partial charge in [0.2, 0.25) is 0 Å². The Bertz CT molecular complexity index is 349. The smallest absolute Gasteiger partial charge is 0.0908 e. The number of H-pyrrole nitrogens is 1. The van der Waals surface area contributed by atoms with E-state index in [1.165, 1.54) is 24.1 Å². The average molecular weight is 192 g/mol. The van der Waals surface area contributed by atoms with E-state index in [0.717, 1.165) is 12.1 Å². The van der Waals surface area contributed by atoms with Crippen LogP contribution in [0.5, 0.6) is 0 Å². The van der Waals surface area contributed by atoms with E-state index in [-0.39, 0.29) is 5.84 Å². The molecule has 1 aromatic heterocycles. The van der Waals surface area contributed by atoms with Crippen LogP contribution in [0.15, 0.2) is 0 Å². The van der Waals surface area contributed by atoms with Crippen molar-refractivity contribution in [1.29, 1.82) is 5.41 Å². The van der Waals surface area contributed by atoms with E-state index in [9.17, 15) is 0 Å². The molecule has 4 N–H and O–H groups in total. The molecule has 4 nitrogen and oxygen atoms in total. The van der Waals surface area contributed by atoms with Crippen molar-refractivity contribution in [3.63, 3.8) is 0 Å². The molecule has 1 saturated carbocycles. The van der Waals surface area contributed by atoms with Crippen LogP contribution >= 0.6 is 0 Å². The predicted molar refractivity (Wildman–Crippen MR) is 55.5 cm³/mol. The Morgan fingerprint density at radius 3 is 2.93 bits per heavy atom. The molecule has 1 fully saturated rings. The van der Waals surface area contributed by atoms with Crippen LogP contribution in [0, 0.1) is 12.3 Å². The number of aryl methyl sites for hydroxylation is 1. The number of amidine groups is 1. The lowest BCUT2D eigenvalue weighted by molar-refractivity contribution is 0.930. The van der Waals surface area contributed by atoms with Crippen molar-refractivity contribution in [1.82, 2.24) is 10.2 Å². The van der Waals surface area contributed by atoms with Crippen LogP contribution in [-0.4, -0.2) is 16.0 Å². The third-order valence-electron chi connectivity index (χ3n) is 2.71. The zero-order valence-corrected chi connectivity index (χ0v) is 8.43. The van der Waals surface area contributed by atoms with E-state index < -0.39 is 0 Å². The van der Waals surface area contributed by atoms with E-state index >= 15 is 0 Å². The zero-order valence-electron chi connectivity index (χ0n) is 8.43. The topological polar surface area (TPSA) is 78.5 Å². The van der Waals surface area contributed by atoms with Gasteiger partial charge in [0, 0.05) is 18.0 Å². The fourth-order valence-corrected chi connectivity index (χ4v) is 1.74. The lowest BCUT2D eigenvalue weighted by atomic mass is 10.0. The minimum Gasteiger partial charge on any atom is -0.388 e. The summed E-state index contributed by atoms with van der Waals surface area (Å²) < 4.78 is 0. The molecule has 0 bridgehead atoms. The lowest BCUT2D eigenvalue weighted by Gasteiger charge is -2.01. The first-order valence-electron chi connectivity index (χ1n) is 5.05. The van der Waals surface area contributed by atoms with Gasteiger partial charge >= 0.3 is 0 Å². The van der Waals surface area contributed by atoms with Crippen molar-refractivity contribution < 1.29 is 0 Å². The van der Waals surface area contributed by atoms with E-state index in [2.05, 4.69) is 10.2 Å². The van der Waals surface area contributed by atoms with Crippen molar-refractivity contribution in [3.05, 3.63) is 17.0 Å². The first kappa shape index (κ1) is 9.24. The third-order valence-corrected chi connectivity index (χ3v) is 2.71. The predicted octanol–water partition coefficient (Wildman–Crippen LogP) is 1.46. The van der Waals surface area contributed by atoms with Gasteiger partial charge in [-0.1, -0.05) is 0 Å². The van der Waals surface area contributed by atoms with Crippen molar-refractivity contribution in [3.8, 4) is 0 Å². The molecule has 2 rings (SSSR count). The summed E-state index contributed by atoms with van der Waals surface area (Å²) in [4.78, 5) is 0. The van der Waals surface area contributed by atoms with Crippen LogP contribution in [0.4, 0.5) is 0 Å². The molecule has 1 aromatic rings. The molecule has 0 spiro atoms. The second-order valence-electron chi connectivity index (χ2n) is 4.01. The maximum atomic E-state index is 7.21. The normalized spacial score (nSPS) is 15.8. The lowest BCUT2D eigenvalue weighted by Crippen LogP contribution is -2.10. The van der Waals surface area contributed by atoms with E-state index in [0.29, 0.717) is 12.3 Å². The Labute approximate surface area is 83.4 Å². The summed E-state index contributed by atoms with van der Waals surface area (Å²) in [7, 11) is 0. The van der Waals surface area contributed by atoms with Crippen molar-refractivity contribution in [2.75, 3.05) is 0 Å². The van der Waals surface area contributed by atoms with E-state index in [4.69, 9.17) is 11.1 Å². The minimum absolute atomic E-state index is 0.257. The number of nitrogens with two attached hydrogens (primary N) is 1. The van der Waals surface area contributed by atoms with Crippen molar-refractivity contribution in [2.45, 2.75) is 38.5 Å². The number of rotatable bonds is 4. The van der Waals surface area contributed by atoms with Gasteiger partial charge in [-0.3, -0.25) is 10.5 Å². The highest BCUT2D eigenvalue weighted by Gasteiger charge is 2.29. The molecule has 14 heavy (non-hydrogen) atoms. The van der Waals surface area contributed by atoms with Gasteiger partial charge in [-0.2, -0.15) is 5.10 Å². The van der Waals surface area contributed by atoms with Gasteiger partial charge in [0.25, 0.3) is 0 Å². The number of nitrogens with one attached hydrogen (secondary N) is 2. The van der Waals surface area contributed by atoms with Crippen LogP contribution in [-0.2, 0) is 6.42 Å². The number of nitrogens with zero attached hydrogens (tertiary/aromatic N) is 1. The molecule has 1 aliphatic rings. The Morgan fingerprint density at radius 2 is 2.36 bits per heavy atom. The third kappa shape index (κ3) is 1.78. The summed E-state index contributed by atoms with van der Waals surface area (Å²) in [6, 6.07) is 0. The molecular weight excluding hydrogens is 176 g/mol. The van der Waals surface area contributed by atoms with Crippen LogP contribution in [0.2, 0.25) is 0 Å². The molecule has 0 amide bonds. The highest BCUT2D eigenvalue weighted by molar-refractivity contribution is 5.77. The number of hydrogen-bond acceptors (Lipinski definition) is 2. The minimum atomic E-state index is 0.257. The van der Waals surface area contributed by atoms with Crippen LogP contribution in [0.25, 0.3) is 0 Å². The van der Waals surface area contributed by atoms with Crippen molar-refractivity contribution in [2.24, 2.45) is 5.73 Å². The van der Waals surface area contributed by atoms with Gasteiger partial charge in [0.15, 0.2) is 0 Å². The summed E-state index contributed by atoms with van der Waals surface area (Å²) in [6.07, 6.45) is 4.01. The second-order valence-corrected chi connectivity index (χ2v) is 4.01. The Kier molecular flexibility index (Phi) is 2.27. The molecular formula is C10H16N4. The summed E-state index contributed by atoms with van der Waals surface area (Å²) in [6.45, 7) is 2.04. The maximum Gasteiger partial charge on any atom is 0.0908 e. The molecule has 0 radical (unpaired) electrons. The Hall–Kier alpha value is -1.32. The van der Waals surface area contributed by atoms with Gasteiger partial charge in [-0.05, 0) is 31.7 Å². The fraction of sp³-hybridized carbons (Fsp3) is 0.600. The van der Waals surface area contributed by atoms with E-state index in [1.807, 2.05) is 6.92 Å². The maximum absolute atomic E-state index is 7.21. The first-order valence-corrected chi connectivity index (χ1v) is 5.05. The Balaban J connectivity index is 2.13. The highest BCUT2D eigenvalue weighted by atomic mass is 15.1. The zero-order chi connectivity index (χ0) is 10.1. The molecule has 0 aromatic carbocycles. The molecule has 0 aliphatic heterocycles. The fourth-order valence-electron chi connectivity index (χ4n) is 1.74. The van der Waals surface area contributed by atoms with Crippen LogP contribution < -0.4 is 5.73 Å². The van der Waals surface area contributed by atoms with Gasteiger partial charge < -0.3 is 5.73 Å². The summed E-state index contributed by atoms with van der Waals surface area (Å²) in [5, 5.41) is 14.5. The molecule has 1 heterocycles. The SMILES string of the molecule is Cc1[nH]nc(C2CC2)c1CCC(=N)N.